The second kappa shape index (κ2) is 3.95. The average Bonchev–Trinajstić information content (AvgIpc) is 2.93. The van der Waals surface area contributed by atoms with Crippen molar-refractivity contribution in [2.24, 2.45) is 10.8 Å². The van der Waals surface area contributed by atoms with Gasteiger partial charge in [0.1, 0.15) is 0 Å². The molecule has 2 unspecified atom stereocenters. The van der Waals surface area contributed by atoms with E-state index in [1.165, 1.54) is 25.9 Å². The van der Waals surface area contributed by atoms with Crippen molar-refractivity contribution >= 4 is 5.91 Å². The highest BCUT2D eigenvalue weighted by Crippen LogP contribution is 2.38. The molecule has 0 aromatic heterocycles. The molecule has 96 valence electrons. The molecule has 0 saturated carbocycles. The third kappa shape index (κ3) is 2.20. The van der Waals surface area contributed by atoms with Crippen LogP contribution in [0, 0.1) is 10.8 Å². The molecule has 0 aromatic carbocycles. The van der Waals surface area contributed by atoms with Crippen molar-refractivity contribution in [1.82, 2.24) is 15.5 Å². The Bertz CT molecular complexity index is 325. The highest BCUT2D eigenvalue weighted by atomic mass is 16.1. The van der Waals surface area contributed by atoms with Gasteiger partial charge >= 0.3 is 0 Å². The maximum absolute atomic E-state index is 11.4. The topological polar surface area (TPSA) is 44.4 Å². The third-order valence-electron chi connectivity index (χ3n) is 4.78. The molecule has 1 amide bonds. The van der Waals surface area contributed by atoms with Gasteiger partial charge < -0.3 is 15.5 Å². The van der Waals surface area contributed by atoms with Crippen LogP contribution in [0.25, 0.3) is 0 Å². The van der Waals surface area contributed by atoms with Crippen LogP contribution in [0.5, 0.6) is 0 Å². The molecule has 4 nitrogen and oxygen atoms in total. The number of hydrogen-bond donors (Lipinski definition) is 2. The largest absolute Gasteiger partial charge is 0.355 e. The van der Waals surface area contributed by atoms with Gasteiger partial charge in [-0.05, 0) is 31.3 Å². The molecule has 1 spiro atoms. The van der Waals surface area contributed by atoms with Gasteiger partial charge in [-0.3, -0.25) is 4.79 Å². The second-order valence-corrected chi connectivity index (χ2v) is 6.65. The summed E-state index contributed by atoms with van der Waals surface area (Å²) in [4.78, 5) is 14.0. The standard InChI is InChI=1S/C13H23N3O/c1-12(2-4-14-7-12)9-16-5-3-13(10-16)6-11(17)15-8-13/h14H,2-10H2,1H3,(H,15,17). The molecule has 3 saturated heterocycles. The Kier molecular flexibility index (Phi) is 2.67. The number of nitrogens with zero attached hydrogens (tertiary/aromatic N) is 1. The van der Waals surface area contributed by atoms with Crippen LogP contribution in [-0.2, 0) is 4.79 Å². The highest BCUT2D eigenvalue weighted by Gasteiger charge is 2.45. The van der Waals surface area contributed by atoms with Crippen molar-refractivity contribution < 1.29 is 4.79 Å². The molecule has 2 atom stereocenters. The molecule has 3 fully saturated rings. The van der Waals surface area contributed by atoms with Crippen LogP contribution in [0.4, 0.5) is 0 Å². The molecule has 3 aliphatic rings. The minimum Gasteiger partial charge on any atom is -0.355 e. The zero-order valence-corrected chi connectivity index (χ0v) is 10.7. The Labute approximate surface area is 103 Å². The first-order chi connectivity index (χ1) is 8.09. The first kappa shape index (κ1) is 11.5. The zero-order chi connectivity index (χ0) is 11.9. The summed E-state index contributed by atoms with van der Waals surface area (Å²) in [5.74, 6) is 0.251. The van der Waals surface area contributed by atoms with Gasteiger partial charge in [0, 0.05) is 38.0 Å². The fraction of sp³-hybridized carbons (Fsp3) is 0.923. The summed E-state index contributed by atoms with van der Waals surface area (Å²) in [6, 6.07) is 0. The molecule has 2 N–H and O–H groups in total. The van der Waals surface area contributed by atoms with Gasteiger partial charge in [0.05, 0.1) is 0 Å². The number of likely N-dealkylation sites (tertiary alicyclic amines) is 1. The Balaban J connectivity index is 1.59. The molecule has 3 aliphatic heterocycles. The van der Waals surface area contributed by atoms with Crippen molar-refractivity contribution in [1.29, 1.82) is 0 Å². The van der Waals surface area contributed by atoms with Gasteiger partial charge in [-0.2, -0.15) is 0 Å². The van der Waals surface area contributed by atoms with Gasteiger partial charge in [-0.15, -0.1) is 0 Å². The molecular formula is C13H23N3O. The van der Waals surface area contributed by atoms with Crippen molar-refractivity contribution in [2.75, 3.05) is 39.3 Å². The number of carbonyl (C=O) groups excluding carboxylic acids is 1. The fourth-order valence-electron chi connectivity index (χ4n) is 3.75. The molecule has 0 radical (unpaired) electrons. The van der Waals surface area contributed by atoms with E-state index in [2.05, 4.69) is 22.5 Å². The number of hydrogen-bond acceptors (Lipinski definition) is 3. The lowest BCUT2D eigenvalue weighted by atomic mass is 9.86. The van der Waals surface area contributed by atoms with Crippen molar-refractivity contribution in [2.45, 2.75) is 26.2 Å². The Hall–Kier alpha value is -0.610. The molecule has 0 aromatic rings. The Morgan fingerprint density at radius 3 is 2.88 bits per heavy atom. The lowest BCUT2D eigenvalue weighted by Gasteiger charge is -2.30. The van der Waals surface area contributed by atoms with Crippen molar-refractivity contribution in [3.63, 3.8) is 0 Å². The smallest absolute Gasteiger partial charge is 0.220 e. The van der Waals surface area contributed by atoms with Crippen LogP contribution >= 0.6 is 0 Å². The molecular weight excluding hydrogens is 214 g/mol. The van der Waals surface area contributed by atoms with Crippen LogP contribution in [0.1, 0.15) is 26.2 Å². The van der Waals surface area contributed by atoms with E-state index in [1.807, 2.05) is 0 Å². The van der Waals surface area contributed by atoms with Crippen LogP contribution in [0.2, 0.25) is 0 Å². The molecule has 0 bridgehead atoms. The quantitative estimate of drug-likeness (QED) is 0.721. The molecule has 4 heteroatoms. The predicted molar refractivity (Wildman–Crippen MR) is 66.7 cm³/mol. The second-order valence-electron chi connectivity index (χ2n) is 6.65. The van der Waals surface area contributed by atoms with E-state index in [4.69, 9.17) is 0 Å². The summed E-state index contributed by atoms with van der Waals surface area (Å²) in [6.45, 7) is 9.07. The van der Waals surface area contributed by atoms with Gasteiger partial charge in [0.2, 0.25) is 5.91 Å². The van der Waals surface area contributed by atoms with E-state index in [1.54, 1.807) is 0 Å². The number of nitrogens with one attached hydrogen (secondary N) is 2. The number of rotatable bonds is 2. The maximum atomic E-state index is 11.4. The van der Waals surface area contributed by atoms with Crippen LogP contribution in [0.15, 0.2) is 0 Å². The molecule has 0 aliphatic carbocycles. The Morgan fingerprint density at radius 1 is 1.35 bits per heavy atom. The SMILES string of the molecule is CC1(CN2CCC3(CNC(=O)C3)C2)CCNC1. The summed E-state index contributed by atoms with van der Waals surface area (Å²) in [5.41, 5.74) is 0.709. The Morgan fingerprint density at radius 2 is 2.24 bits per heavy atom. The molecule has 3 heterocycles. The summed E-state index contributed by atoms with van der Waals surface area (Å²) >= 11 is 0. The van der Waals surface area contributed by atoms with Crippen LogP contribution in [0.3, 0.4) is 0 Å². The first-order valence-electron chi connectivity index (χ1n) is 6.79. The van der Waals surface area contributed by atoms with E-state index in [9.17, 15) is 4.79 Å². The van der Waals surface area contributed by atoms with Gasteiger partial charge in [-0.1, -0.05) is 6.92 Å². The van der Waals surface area contributed by atoms with Crippen molar-refractivity contribution in [3.8, 4) is 0 Å². The zero-order valence-electron chi connectivity index (χ0n) is 10.7. The number of carbonyl (C=O) groups is 1. The van der Waals surface area contributed by atoms with Gasteiger partial charge in [-0.25, -0.2) is 0 Å². The summed E-state index contributed by atoms with van der Waals surface area (Å²) in [5, 5.41) is 6.46. The fourth-order valence-corrected chi connectivity index (χ4v) is 3.75. The normalized spacial score (nSPS) is 42.5. The van der Waals surface area contributed by atoms with Crippen LogP contribution < -0.4 is 10.6 Å². The average molecular weight is 237 g/mol. The lowest BCUT2D eigenvalue weighted by Crippen LogP contribution is -2.38. The van der Waals surface area contributed by atoms with E-state index in [-0.39, 0.29) is 11.3 Å². The summed E-state index contributed by atoms with van der Waals surface area (Å²) in [7, 11) is 0. The van der Waals surface area contributed by atoms with E-state index in [0.717, 1.165) is 32.6 Å². The van der Waals surface area contributed by atoms with Crippen molar-refractivity contribution in [3.05, 3.63) is 0 Å². The minimum absolute atomic E-state index is 0.251. The summed E-state index contributed by atoms with van der Waals surface area (Å²) < 4.78 is 0. The summed E-state index contributed by atoms with van der Waals surface area (Å²) in [6.07, 6.45) is 3.22. The molecule has 3 rings (SSSR count). The van der Waals surface area contributed by atoms with E-state index >= 15 is 0 Å². The number of amides is 1. The third-order valence-corrected chi connectivity index (χ3v) is 4.78. The molecule has 17 heavy (non-hydrogen) atoms. The van der Waals surface area contributed by atoms with Gasteiger partial charge in [0.15, 0.2) is 0 Å². The lowest BCUT2D eigenvalue weighted by molar-refractivity contribution is -0.119. The monoisotopic (exact) mass is 237 g/mol. The predicted octanol–water partition coefficient (Wildman–Crippen LogP) is 0.198. The van der Waals surface area contributed by atoms with E-state index in [0.29, 0.717) is 5.41 Å². The minimum atomic E-state index is 0.251. The maximum Gasteiger partial charge on any atom is 0.220 e. The highest BCUT2D eigenvalue weighted by molar-refractivity contribution is 5.79. The van der Waals surface area contributed by atoms with Crippen LogP contribution in [-0.4, -0.2) is 50.1 Å². The van der Waals surface area contributed by atoms with Gasteiger partial charge in [0.25, 0.3) is 0 Å². The first-order valence-corrected chi connectivity index (χ1v) is 6.79. The van der Waals surface area contributed by atoms with E-state index < -0.39 is 0 Å².